The molecular weight excluding hydrogens is 381 g/mol. The van der Waals surface area contributed by atoms with Gasteiger partial charge in [-0.3, -0.25) is 9.29 Å². The molecule has 0 fully saturated rings. The molecular formula is C20H20FN3O3S. The van der Waals surface area contributed by atoms with Crippen LogP contribution in [0.15, 0.2) is 67.0 Å². The van der Waals surface area contributed by atoms with Crippen molar-refractivity contribution in [2.24, 2.45) is 0 Å². The van der Waals surface area contributed by atoms with Crippen molar-refractivity contribution < 1.29 is 17.5 Å². The quantitative estimate of drug-likeness (QED) is 0.606. The summed E-state index contributed by atoms with van der Waals surface area (Å²) in [5.74, 6) is -0.198. The van der Waals surface area contributed by atoms with E-state index >= 15 is 0 Å². The Bertz CT molecular complexity index is 1040. The van der Waals surface area contributed by atoms with Gasteiger partial charge in [0.15, 0.2) is 11.6 Å². The fourth-order valence-corrected chi connectivity index (χ4v) is 3.67. The number of halogens is 1. The van der Waals surface area contributed by atoms with Gasteiger partial charge in [-0.25, -0.2) is 12.8 Å². The number of nitrogen functional groups attached to an aromatic ring is 1. The van der Waals surface area contributed by atoms with Crippen LogP contribution in [0.3, 0.4) is 0 Å². The second kappa shape index (κ2) is 8.26. The van der Waals surface area contributed by atoms with Crippen LogP contribution in [0.25, 0.3) is 0 Å². The lowest BCUT2D eigenvalue weighted by Gasteiger charge is -2.24. The summed E-state index contributed by atoms with van der Waals surface area (Å²) in [5, 5.41) is 0. The molecule has 28 heavy (non-hydrogen) atoms. The SMILES string of the molecule is CCS(=O)(=O)N(Cc1cccnc1)c1ccc(Oc2ccc(N)cc2F)cc1. The number of rotatable bonds is 7. The molecule has 0 bridgehead atoms. The zero-order chi connectivity index (χ0) is 20.1. The van der Waals surface area contributed by atoms with Crippen molar-refractivity contribution in [3.63, 3.8) is 0 Å². The van der Waals surface area contributed by atoms with E-state index in [1.54, 1.807) is 49.6 Å². The summed E-state index contributed by atoms with van der Waals surface area (Å²) in [6.45, 7) is 1.75. The van der Waals surface area contributed by atoms with Crippen molar-refractivity contribution in [3.8, 4) is 11.5 Å². The fourth-order valence-electron chi connectivity index (χ4n) is 2.57. The minimum Gasteiger partial charge on any atom is -0.454 e. The molecule has 2 N–H and O–H groups in total. The second-order valence-corrected chi connectivity index (χ2v) is 8.24. The highest BCUT2D eigenvalue weighted by molar-refractivity contribution is 7.92. The van der Waals surface area contributed by atoms with E-state index in [2.05, 4.69) is 4.98 Å². The Morgan fingerprint density at radius 3 is 2.50 bits per heavy atom. The van der Waals surface area contributed by atoms with Gasteiger partial charge in [0.1, 0.15) is 5.75 Å². The summed E-state index contributed by atoms with van der Waals surface area (Å²) < 4.78 is 45.9. The first kappa shape index (κ1) is 19.6. The number of aromatic nitrogens is 1. The van der Waals surface area contributed by atoms with E-state index in [9.17, 15) is 12.8 Å². The Balaban J connectivity index is 1.85. The van der Waals surface area contributed by atoms with E-state index < -0.39 is 15.8 Å². The van der Waals surface area contributed by atoms with E-state index in [1.165, 1.54) is 22.5 Å². The third-order valence-electron chi connectivity index (χ3n) is 4.06. The van der Waals surface area contributed by atoms with Gasteiger partial charge in [-0.1, -0.05) is 6.07 Å². The molecule has 2 aromatic carbocycles. The van der Waals surface area contributed by atoms with Gasteiger partial charge in [0.25, 0.3) is 0 Å². The van der Waals surface area contributed by atoms with Crippen LogP contribution >= 0.6 is 0 Å². The van der Waals surface area contributed by atoms with Crippen LogP contribution in [-0.2, 0) is 16.6 Å². The first-order valence-corrected chi connectivity index (χ1v) is 10.2. The molecule has 0 aliphatic carbocycles. The molecule has 146 valence electrons. The highest BCUT2D eigenvalue weighted by Crippen LogP contribution is 2.29. The van der Waals surface area contributed by atoms with Gasteiger partial charge in [-0.2, -0.15) is 0 Å². The summed E-state index contributed by atoms with van der Waals surface area (Å²) in [6.07, 6.45) is 3.25. The zero-order valence-corrected chi connectivity index (χ0v) is 16.1. The van der Waals surface area contributed by atoms with Crippen molar-refractivity contribution in [1.82, 2.24) is 4.98 Å². The minimum absolute atomic E-state index is 0.0374. The minimum atomic E-state index is -3.50. The van der Waals surface area contributed by atoms with Crippen LogP contribution in [0.1, 0.15) is 12.5 Å². The van der Waals surface area contributed by atoms with E-state index in [4.69, 9.17) is 10.5 Å². The van der Waals surface area contributed by atoms with E-state index in [0.29, 0.717) is 17.1 Å². The monoisotopic (exact) mass is 401 g/mol. The molecule has 3 aromatic rings. The molecule has 8 heteroatoms. The molecule has 1 heterocycles. The number of ether oxygens (including phenoxy) is 1. The van der Waals surface area contributed by atoms with Gasteiger partial charge in [-0.15, -0.1) is 0 Å². The van der Waals surface area contributed by atoms with E-state index in [-0.39, 0.29) is 18.0 Å². The number of anilines is 2. The van der Waals surface area contributed by atoms with E-state index in [0.717, 1.165) is 5.56 Å². The number of hydrogen-bond donors (Lipinski definition) is 1. The molecule has 6 nitrogen and oxygen atoms in total. The van der Waals surface area contributed by atoms with Gasteiger partial charge in [0.2, 0.25) is 10.0 Å². The lowest BCUT2D eigenvalue weighted by atomic mass is 10.2. The lowest BCUT2D eigenvalue weighted by molar-refractivity contribution is 0.442. The first-order chi connectivity index (χ1) is 13.4. The predicted molar refractivity (Wildman–Crippen MR) is 107 cm³/mol. The summed E-state index contributed by atoms with van der Waals surface area (Å²) in [7, 11) is -3.50. The maximum atomic E-state index is 13.9. The second-order valence-electron chi connectivity index (χ2n) is 6.05. The Kier molecular flexibility index (Phi) is 5.79. The van der Waals surface area contributed by atoms with Crippen LogP contribution in [0.4, 0.5) is 15.8 Å². The number of nitrogens with two attached hydrogens (primary N) is 1. The molecule has 3 rings (SSSR count). The Labute approximate surface area is 163 Å². The molecule has 0 saturated carbocycles. The fraction of sp³-hybridized carbons (Fsp3) is 0.150. The van der Waals surface area contributed by atoms with Crippen molar-refractivity contribution in [2.45, 2.75) is 13.5 Å². The summed E-state index contributed by atoms with van der Waals surface area (Å²) >= 11 is 0. The number of sulfonamides is 1. The molecule has 0 atom stereocenters. The molecule has 0 aliphatic heterocycles. The van der Waals surface area contributed by atoms with Crippen LogP contribution in [0.2, 0.25) is 0 Å². The highest BCUT2D eigenvalue weighted by Gasteiger charge is 2.21. The van der Waals surface area contributed by atoms with Crippen LogP contribution in [0.5, 0.6) is 11.5 Å². The third-order valence-corrected chi connectivity index (χ3v) is 5.80. The first-order valence-electron chi connectivity index (χ1n) is 8.61. The van der Waals surface area contributed by atoms with Crippen LogP contribution in [0, 0.1) is 5.82 Å². The number of pyridine rings is 1. The number of nitrogens with zero attached hydrogens (tertiary/aromatic N) is 2. The van der Waals surface area contributed by atoms with Crippen LogP contribution in [-0.4, -0.2) is 19.2 Å². The largest absolute Gasteiger partial charge is 0.454 e. The third kappa shape index (κ3) is 4.58. The average Bonchev–Trinajstić information content (AvgIpc) is 2.70. The van der Waals surface area contributed by atoms with Crippen molar-refractivity contribution in [3.05, 3.63) is 78.4 Å². The maximum absolute atomic E-state index is 13.9. The Hall–Kier alpha value is -3.13. The molecule has 0 spiro atoms. The van der Waals surface area contributed by atoms with Crippen molar-refractivity contribution in [1.29, 1.82) is 0 Å². The topological polar surface area (TPSA) is 85.5 Å². The van der Waals surface area contributed by atoms with Gasteiger partial charge in [0.05, 0.1) is 18.0 Å². The average molecular weight is 401 g/mol. The van der Waals surface area contributed by atoms with Crippen molar-refractivity contribution >= 4 is 21.4 Å². The normalized spacial score (nSPS) is 11.2. The van der Waals surface area contributed by atoms with E-state index in [1.807, 2.05) is 6.07 Å². The molecule has 1 aromatic heterocycles. The standard InChI is InChI=1S/C20H20FN3O3S/c1-2-28(25,26)24(14-15-4-3-11-23-13-15)17-6-8-18(9-7-17)27-20-10-5-16(22)12-19(20)21/h3-13H,2,14,22H2,1H3. The lowest BCUT2D eigenvalue weighted by Crippen LogP contribution is -2.31. The molecule has 0 radical (unpaired) electrons. The summed E-state index contributed by atoms with van der Waals surface area (Å²) in [5.41, 5.74) is 7.08. The zero-order valence-electron chi connectivity index (χ0n) is 15.2. The van der Waals surface area contributed by atoms with Gasteiger partial charge in [-0.05, 0) is 55.0 Å². The highest BCUT2D eigenvalue weighted by atomic mass is 32.2. The summed E-state index contributed by atoms with van der Waals surface area (Å²) in [4.78, 5) is 4.03. The molecule has 0 saturated heterocycles. The molecule has 0 amide bonds. The maximum Gasteiger partial charge on any atom is 0.235 e. The summed E-state index contributed by atoms with van der Waals surface area (Å²) in [6, 6.07) is 14.1. The number of hydrogen-bond acceptors (Lipinski definition) is 5. The van der Waals surface area contributed by atoms with Crippen molar-refractivity contribution in [2.75, 3.05) is 15.8 Å². The smallest absolute Gasteiger partial charge is 0.235 e. The number of benzene rings is 2. The van der Waals surface area contributed by atoms with Gasteiger partial charge in [0, 0.05) is 24.1 Å². The Morgan fingerprint density at radius 2 is 1.89 bits per heavy atom. The van der Waals surface area contributed by atoms with Gasteiger partial charge >= 0.3 is 0 Å². The predicted octanol–water partition coefficient (Wildman–Crippen LogP) is 3.95. The molecule has 0 aliphatic rings. The Morgan fingerprint density at radius 1 is 1.14 bits per heavy atom. The van der Waals surface area contributed by atoms with Crippen LogP contribution < -0.4 is 14.8 Å². The molecule has 0 unspecified atom stereocenters. The van der Waals surface area contributed by atoms with Gasteiger partial charge < -0.3 is 10.5 Å².